The van der Waals surface area contributed by atoms with E-state index < -0.39 is 0 Å². The number of aryl methyl sites for hydroxylation is 1. The fraction of sp³-hybridized carbons (Fsp3) is 0.118. The van der Waals surface area contributed by atoms with E-state index in [9.17, 15) is 9.59 Å². The molecule has 1 aromatic heterocycles. The third-order valence-electron chi connectivity index (χ3n) is 3.82. The van der Waals surface area contributed by atoms with Crippen LogP contribution in [0.25, 0.3) is 11.0 Å². The average molecular weight is 323 g/mol. The Balaban J connectivity index is 1.55. The summed E-state index contributed by atoms with van der Waals surface area (Å²) in [6.07, 6.45) is 0. The van der Waals surface area contributed by atoms with E-state index in [1.807, 2.05) is 25.1 Å². The molecular weight excluding hydrogens is 310 g/mol. The predicted molar refractivity (Wildman–Crippen MR) is 88.5 cm³/mol. The van der Waals surface area contributed by atoms with Crippen molar-refractivity contribution in [2.24, 2.45) is 0 Å². The second-order valence-electron chi connectivity index (χ2n) is 5.42. The highest BCUT2D eigenvalue weighted by atomic mass is 32.2. The first kappa shape index (κ1) is 14.0. The molecular formula is C17H13N3O2S. The molecule has 4 rings (SSSR count). The summed E-state index contributed by atoms with van der Waals surface area (Å²) in [7, 11) is 0. The van der Waals surface area contributed by atoms with Gasteiger partial charge in [-0.2, -0.15) is 0 Å². The van der Waals surface area contributed by atoms with Crippen LogP contribution in [0.4, 0.5) is 0 Å². The molecule has 2 aromatic carbocycles. The second kappa shape index (κ2) is 5.24. The summed E-state index contributed by atoms with van der Waals surface area (Å²) in [5.74, 6) is -0.249. The van der Waals surface area contributed by atoms with Crippen LogP contribution in [0.3, 0.4) is 0 Å². The highest BCUT2D eigenvalue weighted by Crippen LogP contribution is 2.27. The van der Waals surface area contributed by atoms with E-state index in [-0.39, 0.29) is 17.7 Å². The second-order valence-corrected chi connectivity index (χ2v) is 6.35. The van der Waals surface area contributed by atoms with Gasteiger partial charge in [-0.05, 0) is 36.8 Å². The molecule has 0 radical (unpaired) electrons. The summed E-state index contributed by atoms with van der Waals surface area (Å²) in [5.41, 5.74) is 3.92. The Morgan fingerprint density at radius 2 is 1.78 bits per heavy atom. The lowest BCUT2D eigenvalue weighted by atomic mass is 10.1. The van der Waals surface area contributed by atoms with Crippen molar-refractivity contribution in [2.75, 3.05) is 5.88 Å². The van der Waals surface area contributed by atoms with E-state index >= 15 is 0 Å². The number of imide groups is 1. The predicted octanol–water partition coefficient (Wildman–Crippen LogP) is 3.22. The first-order valence-corrected chi connectivity index (χ1v) is 8.16. The monoisotopic (exact) mass is 323 g/mol. The number of thioether (sulfide) groups is 1. The van der Waals surface area contributed by atoms with Crippen LogP contribution in [0.5, 0.6) is 0 Å². The molecule has 3 aromatic rings. The molecule has 114 valence electrons. The molecule has 2 heterocycles. The highest BCUT2D eigenvalue weighted by molar-refractivity contribution is 7.99. The summed E-state index contributed by atoms with van der Waals surface area (Å²) in [6, 6.07) is 12.9. The van der Waals surface area contributed by atoms with E-state index in [1.165, 1.54) is 16.7 Å². The largest absolute Gasteiger partial charge is 0.333 e. The maximum atomic E-state index is 12.3. The zero-order valence-corrected chi connectivity index (χ0v) is 13.2. The number of aromatic amines is 1. The Labute approximate surface area is 136 Å². The molecule has 1 aliphatic heterocycles. The van der Waals surface area contributed by atoms with E-state index in [1.54, 1.807) is 24.3 Å². The van der Waals surface area contributed by atoms with Crippen LogP contribution in [0.1, 0.15) is 26.3 Å². The average Bonchev–Trinajstić information content (AvgIpc) is 3.06. The van der Waals surface area contributed by atoms with E-state index in [0.29, 0.717) is 16.3 Å². The van der Waals surface area contributed by atoms with Gasteiger partial charge in [0.25, 0.3) is 11.8 Å². The smallest absolute Gasteiger partial charge is 0.262 e. The van der Waals surface area contributed by atoms with Crippen LogP contribution in [0.2, 0.25) is 0 Å². The number of nitrogens with one attached hydrogen (secondary N) is 1. The maximum absolute atomic E-state index is 12.3. The maximum Gasteiger partial charge on any atom is 0.262 e. The van der Waals surface area contributed by atoms with Crippen molar-refractivity contribution in [1.82, 2.24) is 14.9 Å². The molecule has 6 heteroatoms. The Hall–Kier alpha value is -2.60. The Morgan fingerprint density at radius 3 is 2.48 bits per heavy atom. The van der Waals surface area contributed by atoms with Gasteiger partial charge in [-0.15, -0.1) is 0 Å². The fourth-order valence-corrected chi connectivity index (χ4v) is 3.48. The number of hydrogen-bond acceptors (Lipinski definition) is 4. The summed E-state index contributed by atoms with van der Waals surface area (Å²) >= 11 is 1.34. The number of amides is 2. The molecule has 0 unspecified atom stereocenters. The lowest BCUT2D eigenvalue weighted by Crippen LogP contribution is -2.29. The summed E-state index contributed by atoms with van der Waals surface area (Å²) in [5, 5.41) is 0.696. The van der Waals surface area contributed by atoms with Crippen molar-refractivity contribution in [3.05, 3.63) is 59.2 Å². The number of carbonyl (C=O) groups is 2. The molecule has 23 heavy (non-hydrogen) atoms. The fourth-order valence-electron chi connectivity index (χ4n) is 2.65. The van der Waals surface area contributed by atoms with Crippen LogP contribution in [0.15, 0.2) is 47.6 Å². The topological polar surface area (TPSA) is 66.1 Å². The summed E-state index contributed by atoms with van der Waals surface area (Å²) in [4.78, 5) is 33.6. The number of H-pyrrole nitrogens is 1. The molecule has 2 amide bonds. The number of carbonyl (C=O) groups excluding carboxylic acids is 2. The standard InChI is InChI=1S/C17H13N3O2S/c1-10-6-7-13-14(8-10)19-17(18-13)23-9-20-15(21)11-4-2-3-5-12(11)16(20)22/h2-8H,9H2,1H3,(H,18,19). The van der Waals surface area contributed by atoms with Crippen LogP contribution >= 0.6 is 11.8 Å². The SMILES string of the molecule is Cc1ccc2nc(SCN3C(=O)c4ccccc4C3=O)[nH]c2c1. The molecule has 1 aliphatic rings. The number of fused-ring (bicyclic) bond motifs is 2. The van der Waals surface area contributed by atoms with Crippen LogP contribution < -0.4 is 0 Å². The van der Waals surface area contributed by atoms with Gasteiger partial charge < -0.3 is 4.98 Å². The van der Waals surface area contributed by atoms with Gasteiger partial charge in [-0.3, -0.25) is 14.5 Å². The number of hydrogen-bond donors (Lipinski definition) is 1. The minimum atomic E-state index is -0.245. The number of rotatable bonds is 3. The number of imidazole rings is 1. The molecule has 5 nitrogen and oxygen atoms in total. The molecule has 0 aliphatic carbocycles. The van der Waals surface area contributed by atoms with Crippen LogP contribution in [-0.4, -0.2) is 32.6 Å². The van der Waals surface area contributed by atoms with Crippen molar-refractivity contribution in [3.63, 3.8) is 0 Å². The molecule has 0 saturated heterocycles. The van der Waals surface area contributed by atoms with Gasteiger partial charge >= 0.3 is 0 Å². The molecule has 0 fully saturated rings. The minimum Gasteiger partial charge on any atom is -0.333 e. The Bertz CT molecular complexity index is 913. The Kier molecular flexibility index (Phi) is 3.20. The number of nitrogens with zero attached hydrogens (tertiary/aromatic N) is 2. The van der Waals surface area contributed by atoms with Gasteiger partial charge in [0.05, 0.1) is 28.0 Å². The van der Waals surface area contributed by atoms with Gasteiger partial charge in [0.15, 0.2) is 5.16 Å². The molecule has 0 atom stereocenters. The normalized spacial score (nSPS) is 13.9. The summed E-state index contributed by atoms with van der Waals surface area (Å²) < 4.78 is 0. The lowest BCUT2D eigenvalue weighted by Gasteiger charge is -2.11. The first-order chi connectivity index (χ1) is 11.1. The number of aromatic nitrogens is 2. The van der Waals surface area contributed by atoms with Gasteiger partial charge in [0, 0.05) is 0 Å². The van der Waals surface area contributed by atoms with Crippen LogP contribution in [0, 0.1) is 6.92 Å². The first-order valence-electron chi connectivity index (χ1n) is 7.18. The highest BCUT2D eigenvalue weighted by Gasteiger charge is 2.35. The summed E-state index contributed by atoms with van der Waals surface area (Å²) in [6.45, 7) is 2.02. The van der Waals surface area contributed by atoms with Crippen molar-refractivity contribution in [3.8, 4) is 0 Å². The van der Waals surface area contributed by atoms with E-state index in [4.69, 9.17) is 0 Å². The number of benzene rings is 2. The van der Waals surface area contributed by atoms with Gasteiger partial charge in [-0.25, -0.2) is 4.98 Å². The lowest BCUT2D eigenvalue weighted by molar-refractivity contribution is 0.0684. The third kappa shape index (κ3) is 2.31. The van der Waals surface area contributed by atoms with Crippen molar-refractivity contribution in [1.29, 1.82) is 0 Å². The van der Waals surface area contributed by atoms with Crippen molar-refractivity contribution < 1.29 is 9.59 Å². The van der Waals surface area contributed by atoms with E-state index in [2.05, 4.69) is 9.97 Å². The quantitative estimate of drug-likeness (QED) is 0.594. The van der Waals surface area contributed by atoms with Crippen molar-refractivity contribution in [2.45, 2.75) is 12.1 Å². The molecule has 0 saturated carbocycles. The molecule has 1 N–H and O–H groups in total. The zero-order chi connectivity index (χ0) is 16.0. The molecule has 0 spiro atoms. The van der Waals surface area contributed by atoms with Crippen LogP contribution in [-0.2, 0) is 0 Å². The van der Waals surface area contributed by atoms with Crippen molar-refractivity contribution >= 4 is 34.6 Å². The van der Waals surface area contributed by atoms with Gasteiger partial charge in [0.1, 0.15) is 0 Å². The minimum absolute atomic E-state index is 0.241. The zero-order valence-electron chi connectivity index (χ0n) is 12.4. The molecule has 0 bridgehead atoms. The van der Waals surface area contributed by atoms with Gasteiger partial charge in [-0.1, -0.05) is 30.0 Å². The van der Waals surface area contributed by atoms with Gasteiger partial charge in [0.2, 0.25) is 0 Å². The third-order valence-corrected chi connectivity index (χ3v) is 4.68. The Morgan fingerprint density at radius 1 is 1.09 bits per heavy atom. The van der Waals surface area contributed by atoms with E-state index in [0.717, 1.165) is 16.6 Å².